The number of nitrogens with one attached hydrogen (secondary N) is 2. The summed E-state index contributed by atoms with van der Waals surface area (Å²) in [6.07, 6.45) is 2.37. The van der Waals surface area contributed by atoms with Crippen molar-refractivity contribution in [3.63, 3.8) is 0 Å². The molecule has 206 valence electrons. The van der Waals surface area contributed by atoms with Crippen LogP contribution in [0.4, 0.5) is 14.3 Å². The van der Waals surface area contributed by atoms with Crippen molar-refractivity contribution in [3.8, 4) is 0 Å². The van der Waals surface area contributed by atoms with Gasteiger partial charge in [-0.1, -0.05) is 17.3 Å². The Bertz CT molecular complexity index is 1200. The SMILES string of the molecule is CC(C)(C)OC(=O)Nc1nc(C(=NOCCF)C(=O)N[C@@H]2C(=O)N3C(C(=O)O)=C(C=CCCl)CS[C@@H]23)cs1. The molecule has 0 saturated carbocycles. The molecule has 16 heteroatoms. The molecule has 0 unspecified atom stereocenters. The average molecular weight is 590 g/mol. The van der Waals surface area contributed by atoms with Gasteiger partial charge in [0.15, 0.2) is 10.8 Å². The van der Waals surface area contributed by atoms with Gasteiger partial charge in [-0.05, 0) is 26.3 Å². The zero-order valence-electron chi connectivity index (χ0n) is 20.5. The van der Waals surface area contributed by atoms with Gasteiger partial charge >= 0.3 is 12.1 Å². The molecular formula is C22H25ClFN5O7S2. The Morgan fingerprint density at radius 1 is 1.39 bits per heavy atom. The molecule has 0 spiro atoms. The van der Waals surface area contributed by atoms with Gasteiger partial charge in [-0.15, -0.1) is 34.7 Å². The van der Waals surface area contributed by atoms with E-state index in [1.54, 1.807) is 32.9 Å². The second-order valence-corrected chi connectivity index (χ2v) is 11.0. The fraction of sp³-hybridized carbons (Fsp3) is 0.455. The number of alkyl halides is 2. The monoisotopic (exact) mass is 589 g/mol. The van der Waals surface area contributed by atoms with Crippen molar-refractivity contribution >= 4 is 69.4 Å². The number of hydrogen-bond acceptors (Lipinski definition) is 10. The minimum Gasteiger partial charge on any atom is -0.477 e. The predicted molar refractivity (Wildman–Crippen MR) is 140 cm³/mol. The normalized spacial score (nSPS) is 19.7. The number of thioether (sulfide) groups is 1. The Kier molecular flexibility index (Phi) is 9.73. The molecule has 1 aromatic rings. The number of ether oxygens (including phenoxy) is 1. The van der Waals surface area contributed by atoms with E-state index >= 15 is 0 Å². The van der Waals surface area contributed by atoms with E-state index in [1.807, 2.05) is 0 Å². The van der Waals surface area contributed by atoms with Gasteiger partial charge in [0.25, 0.3) is 11.8 Å². The lowest BCUT2D eigenvalue weighted by molar-refractivity contribution is -0.150. The highest BCUT2D eigenvalue weighted by molar-refractivity contribution is 8.00. The van der Waals surface area contributed by atoms with E-state index in [2.05, 4.69) is 20.8 Å². The lowest BCUT2D eigenvalue weighted by Gasteiger charge is -2.49. The lowest BCUT2D eigenvalue weighted by Crippen LogP contribution is -2.71. The molecule has 0 aromatic carbocycles. The summed E-state index contributed by atoms with van der Waals surface area (Å²) in [6.45, 7) is 3.79. The second kappa shape index (κ2) is 12.6. The summed E-state index contributed by atoms with van der Waals surface area (Å²) in [4.78, 5) is 60.0. The molecule has 3 heterocycles. The lowest BCUT2D eigenvalue weighted by atomic mass is 10.0. The Hall–Kier alpha value is -3.17. The summed E-state index contributed by atoms with van der Waals surface area (Å²) in [5, 5.41) is 19.2. The minimum atomic E-state index is -1.28. The third-order valence-electron chi connectivity index (χ3n) is 4.79. The average Bonchev–Trinajstić information content (AvgIpc) is 3.29. The fourth-order valence-electron chi connectivity index (χ4n) is 3.35. The molecule has 1 aromatic heterocycles. The van der Waals surface area contributed by atoms with E-state index in [9.17, 15) is 28.7 Å². The highest BCUT2D eigenvalue weighted by Gasteiger charge is 2.54. The van der Waals surface area contributed by atoms with Crippen LogP contribution in [0.15, 0.2) is 34.0 Å². The van der Waals surface area contributed by atoms with Crippen molar-refractivity contribution in [1.29, 1.82) is 0 Å². The molecule has 2 atom stereocenters. The standard InChI is InChI=1S/C22H25ClFN5O7S2/c1-22(2,3)36-21(34)27-20-25-12(10-38-20)13(28-35-8-7-24)16(30)26-14-17(31)29-15(19(32)33)11(5-4-6-23)9-37-18(14)29/h4-5,10,14,18H,6-9H2,1-3H3,(H,26,30)(H,32,33)(H,25,27,34)/t14-,18+/m1/s1. The van der Waals surface area contributed by atoms with Crippen LogP contribution < -0.4 is 10.6 Å². The van der Waals surface area contributed by atoms with Gasteiger partial charge < -0.3 is 20.0 Å². The Balaban J connectivity index is 1.77. The van der Waals surface area contributed by atoms with Crippen molar-refractivity contribution in [3.05, 3.63) is 34.5 Å². The molecule has 38 heavy (non-hydrogen) atoms. The summed E-state index contributed by atoms with van der Waals surface area (Å²) in [5.74, 6) is -2.31. The zero-order valence-corrected chi connectivity index (χ0v) is 22.9. The van der Waals surface area contributed by atoms with Gasteiger partial charge in [0.2, 0.25) is 0 Å². The third-order valence-corrected chi connectivity index (χ3v) is 7.03. The topological polar surface area (TPSA) is 160 Å². The number of rotatable bonds is 10. The highest BCUT2D eigenvalue weighted by Crippen LogP contribution is 2.40. The number of aliphatic carboxylic acids is 1. The third kappa shape index (κ3) is 7.02. The zero-order chi connectivity index (χ0) is 28.0. The molecule has 0 aliphatic carbocycles. The molecule has 0 radical (unpaired) electrons. The van der Waals surface area contributed by atoms with E-state index in [1.165, 1.54) is 17.1 Å². The number of amides is 3. The number of nitrogens with zero attached hydrogens (tertiary/aromatic N) is 3. The molecule has 3 N–H and O–H groups in total. The summed E-state index contributed by atoms with van der Waals surface area (Å²) in [6, 6.07) is -1.05. The minimum absolute atomic E-state index is 0.00281. The van der Waals surface area contributed by atoms with Crippen LogP contribution >= 0.6 is 34.7 Å². The molecule has 0 bridgehead atoms. The van der Waals surface area contributed by atoms with Crippen LogP contribution in [0.2, 0.25) is 0 Å². The van der Waals surface area contributed by atoms with Crippen molar-refractivity contribution in [1.82, 2.24) is 15.2 Å². The number of β-lactam (4-membered cyclic amide) rings is 1. The van der Waals surface area contributed by atoms with Gasteiger partial charge in [-0.2, -0.15) is 0 Å². The van der Waals surface area contributed by atoms with Crippen LogP contribution in [0.3, 0.4) is 0 Å². The quantitative estimate of drug-likeness (QED) is 0.123. The van der Waals surface area contributed by atoms with Crippen LogP contribution in [0, 0.1) is 0 Å². The van der Waals surface area contributed by atoms with Gasteiger partial charge in [0, 0.05) is 17.0 Å². The van der Waals surface area contributed by atoms with E-state index < -0.39 is 54.2 Å². The molecule has 2 aliphatic rings. The molecule has 1 fully saturated rings. The molecule has 2 aliphatic heterocycles. The predicted octanol–water partition coefficient (Wildman–Crippen LogP) is 2.71. The Morgan fingerprint density at radius 3 is 2.76 bits per heavy atom. The van der Waals surface area contributed by atoms with Crippen molar-refractivity contribution in [2.45, 2.75) is 37.8 Å². The highest BCUT2D eigenvalue weighted by atomic mass is 35.5. The number of carbonyl (C=O) groups excluding carboxylic acids is 3. The van der Waals surface area contributed by atoms with Crippen LogP contribution in [0.25, 0.3) is 0 Å². The van der Waals surface area contributed by atoms with Crippen molar-refractivity contribution < 1.29 is 38.2 Å². The summed E-state index contributed by atoms with van der Waals surface area (Å²) < 4.78 is 17.7. The van der Waals surface area contributed by atoms with Crippen LogP contribution in [0.1, 0.15) is 26.5 Å². The fourth-order valence-corrected chi connectivity index (χ4v) is 5.44. The maximum atomic E-state index is 13.1. The number of carbonyl (C=O) groups is 4. The molecule has 3 amide bonds. The number of halogens is 2. The molecule has 12 nitrogen and oxygen atoms in total. The first-order valence-corrected chi connectivity index (χ1v) is 13.6. The second-order valence-electron chi connectivity index (χ2n) is 8.72. The smallest absolute Gasteiger partial charge is 0.413 e. The van der Waals surface area contributed by atoms with Crippen molar-refractivity contribution in [2.24, 2.45) is 5.16 Å². The van der Waals surface area contributed by atoms with E-state index in [-0.39, 0.29) is 33.9 Å². The first-order valence-electron chi connectivity index (χ1n) is 11.1. The van der Waals surface area contributed by atoms with E-state index in [0.29, 0.717) is 5.57 Å². The molecular weight excluding hydrogens is 565 g/mol. The van der Waals surface area contributed by atoms with Crippen LogP contribution in [-0.2, 0) is 24.0 Å². The number of fused-ring (bicyclic) bond motifs is 1. The van der Waals surface area contributed by atoms with E-state index in [4.69, 9.17) is 21.2 Å². The number of carboxylic acids is 1. The van der Waals surface area contributed by atoms with E-state index in [0.717, 1.165) is 16.2 Å². The largest absolute Gasteiger partial charge is 0.477 e. The number of allylic oxidation sites excluding steroid dienone is 2. The van der Waals surface area contributed by atoms with Gasteiger partial charge in [-0.25, -0.2) is 19.0 Å². The van der Waals surface area contributed by atoms with Gasteiger partial charge in [-0.3, -0.25) is 19.8 Å². The number of hydrogen-bond donors (Lipinski definition) is 3. The van der Waals surface area contributed by atoms with Gasteiger partial charge in [0.1, 0.15) is 41.7 Å². The van der Waals surface area contributed by atoms with Gasteiger partial charge in [0.05, 0.1) is 0 Å². The Labute approximate surface area is 230 Å². The van der Waals surface area contributed by atoms with Crippen molar-refractivity contribution in [2.75, 3.05) is 30.2 Å². The number of oxime groups is 1. The maximum Gasteiger partial charge on any atom is 0.413 e. The summed E-state index contributed by atoms with van der Waals surface area (Å²) in [5.41, 5.74) is -0.862. The number of thiazole rings is 1. The maximum absolute atomic E-state index is 13.1. The number of aromatic nitrogens is 1. The first-order chi connectivity index (χ1) is 18.0. The number of carboxylic acid groups (broad SMARTS) is 1. The summed E-state index contributed by atoms with van der Waals surface area (Å²) >= 11 is 7.89. The molecule has 1 saturated heterocycles. The van der Waals surface area contributed by atoms with Crippen LogP contribution in [-0.4, -0.2) is 86.5 Å². The number of anilines is 1. The Morgan fingerprint density at radius 2 is 2.13 bits per heavy atom. The molecule has 3 rings (SSSR count). The van der Waals surface area contributed by atoms with Crippen LogP contribution in [0.5, 0.6) is 0 Å². The summed E-state index contributed by atoms with van der Waals surface area (Å²) in [7, 11) is 0. The first kappa shape index (κ1) is 29.4.